The monoisotopic (exact) mass is 168 g/mol. The SMILES string of the molecule is O=C(CC1CC1)c1csnn1. The molecule has 1 aliphatic rings. The molecule has 58 valence electrons. The number of ketones is 1. The lowest BCUT2D eigenvalue weighted by molar-refractivity contribution is 0.0971. The Bertz CT molecular complexity index is 253. The molecule has 3 nitrogen and oxygen atoms in total. The molecule has 0 N–H and O–H groups in total. The second-order valence-corrected chi connectivity index (χ2v) is 3.47. The van der Waals surface area contributed by atoms with Crippen LogP contribution in [0.15, 0.2) is 5.38 Å². The Morgan fingerprint density at radius 1 is 1.73 bits per heavy atom. The van der Waals surface area contributed by atoms with Gasteiger partial charge >= 0.3 is 0 Å². The molecule has 2 rings (SSSR count). The Morgan fingerprint density at radius 2 is 2.55 bits per heavy atom. The summed E-state index contributed by atoms with van der Waals surface area (Å²) in [5, 5.41) is 5.43. The summed E-state index contributed by atoms with van der Waals surface area (Å²) in [5.74, 6) is 0.797. The van der Waals surface area contributed by atoms with Crippen molar-refractivity contribution in [3.8, 4) is 0 Å². The third-order valence-corrected chi connectivity index (χ3v) is 2.32. The summed E-state index contributed by atoms with van der Waals surface area (Å²) in [6.07, 6.45) is 3.10. The van der Waals surface area contributed by atoms with Crippen molar-refractivity contribution in [3.63, 3.8) is 0 Å². The van der Waals surface area contributed by atoms with Crippen LogP contribution in [0.4, 0.5) is 0 Å². The van der Waals surface area contributed by atoms with Crippen LogP contribution >= 0.6 is 11.5 Å². The number of Topliss-reactive ketones (excluding diaryl/α,β-unsaturated/α-hetero) is 1. The molecular formula is C7H8N2OS. The smallest absolute Gasteiger partial charge is 0.184 e. The molecule has 1 aliphatic carbocycles. The van der Waals surface area contributed by atoms with Crippen LogP contribution in [-0.4, -0.2) is 15.4 Å². The Labute approximate surface area is 68.6 Å². The lowest BCUT2D eigenvalue weighted by atomic mass is 10.2. The van der Waals surface area contributed by atoms with E-state index in [1.54, 1.807) is 5.38 Å². The first-order chi connectivity index (χ1) is 5.36. The van der Waals surface area contributed by atoms with Gasteiger partial charge in [0, 0.05) is 11.8 Å². The van der Waals surface area contributed by atoms with Crippen LogP contribution in [-0.2, 0) is 0 Å². The van der Waals surface area contributed by atoms with E-state index >= 15 is 0 Å². The zero-order valence-electron chi connectivity index (χ0n) is 5.99. The first-order valence-corrected chi connectivity index (χ1v) is 4.50. The number of rotatable bonds is 3. The van der Waals surface area contributed by atoms with E-state index in [1.165, 1.54) is 24.4 Å². The molecule has 0 aliphatic heterocycles. The molecule has 4 heteroatoms. The predicted molar refractivity (Wildman–Crippen MR) is 41.6 cm³/mol. The molecule has 1 aromatic rings. The van der Waals surface area contributed by atoms with Crippen LogP contribution in [0, 0.1) is 5.92 Å². The summed E-state index contributed by atoms with van der Waals surface area (Å²) in [5.41, 5.74) is 0.543. The number of carbonyl (C=O) groups is 1. The Morgan fingerprint density at radius 3 is 3.09 bits per heavy atom. The fourth-order valence-electron chi connectivity index (χ4n) is 0.975. The number of hydrogen-bond donors (Lipinski definition) is 0. The van der Waals surface area contributed by atoms with Crippen LogP contribution in [0.2, 0.25) is 0 Å². The third-order valence-electron chi connectivity index (χ3n) is 1.82. The molecule has 0 aromatic carbocycles. The average Bonchev–Trinajstić information content (AvgIpc) is 2.67. The average molecular weight is 168 g/mol. The van der Waals surface area contributed by atoms with Gasteiger partial charge in [0.2, 0.25) is 0 Å². The normalized spacial score (nSPS) is 16.7. The van der Waals surface area contributed by atoms with Crippen molar-refractivity contribution in [2.24, 2.45) is 5.92 Å². The van der Waals surface area contributed by atoms with Crippen molar-refractivity contribution < 1.29 is 4.79 Å². The molecule has 0 unspecified atom stereocenters. The topological polar surface area (TPSA) is 42.9 Å². The molecule has 11 heavy (non-hydrogen) atoms. The fourth-order valence-corrected chi connectivity index (χ4v) is 1.44. The van der Waals surface area contributed by atoms with E-state index in [2.05, 4.69) is 9.59 Å². The molecule has 0 bridgehead atoms. The third kappa shape index (κ3) is 1.63. The second-order valence-electron chi connectivity index (χ2n) is 2.86. The van der Waals surface area contributed by atoms with Crippen molar-refractivity contribution in [3.05, 3.63) is 11.1 Å². The minimum absolute atomic E-state index is 0.154. The molecular weight excluding hydrogens is 160 g/mol. The van der Waals surface area contributed by atoms with Gasteiger partial charge in [-0.3, -0.25) is 4.79 Å². The highest BCUT2D eigenvalue weighted by atomic mass is 32.1. The quantitative estimate of drug-likeness (QED) is 0.643. The van der Waals surface area contributed by atoms with Crippen molar-refractivity contribution in [1.82, 2.24) is 9.59 Å². The highest BCUT2D eigenvalue weighted by Gasteiger charge is 2.25. The first kappa shape index (κ1) is 6.91. The molecule has 1 heterocycles. The van der Waals surface area contributed by atoms with E-state index in [4.69, 9.17) is 0 Å². The van der Waals surface area contributed by atoms with Crippen LogP contribution in [0.3, 0.4) is 0 Å². The van der Waals surface area contributed by atoms with Crippen LogP contribution < -0.4 is 0 Å². The van der Waals surface area contributed by atoms with E-state index in [0.717, 1.165) is 0 Å². The van der Waals surface area contributed by atoms with Crippen molar-refractivity contribution in [2.75, 3.05) is 0 Å². The zero-order chi connectivity index (χ0) is 7.68. The Balaban J connectivity index is 1.99. The van der Waals surface area contributed by atoms with Crippen molar-refractivity contribution in [2.45, 2.75) is 19.3 Å². The van der Waals surface area contributed by atoms with E-state index in [-0.39, 0.29) is 5.78 Å². The lowest BCUT2D eigenvalue weighted by Crippen LogP contribution is -2.00. The van der Waals surface area contributed by atoms with E-state index in [9.17, 15) is 4.79 Å². The highest BCUT2D eigenvalue weighted by molar-refractivity contribution is 7.03. The summed E-state index contributed by atoms with van der Waals surface area (Å²) in [7, 11) is 0. The highest BCUT2D eigenvalue weighted by Crippen LogP contribution is 2.33. The largest absolute Gasteiger partial charge is 0.292 e. The second kappa shape index (κ2) is 2.70. The Hall–Kier alpha value is -0.770. The number of aromatic nitrogens is 2. The van der Waals surface area contributed by atoms with Gasteiger partial charge in [0.1, 0.15) is 5.69 Å². The zero-order valence-corrected chi connectivity index (χ0v) is 6.80. The lowest BCUT2D eigenvalue weighted by Gasteiger charge is -1.90. The summed E-state index contributed by atoms with van der Waals surface area (Å²) in [4.78, 5) is 11.3. The van der Waals surface area contributed by atoms with Gasteiger partial charge < -0.3 is 0 Å². The van der Waals surface area contributed by atoms with Gasteiger partial charge in [0.05, 0.1) is 0 Å². The van der Waals surface area contributed by atoms with Gasteiger partial charge in [-0.05, 0) is 30.3 Å². The minimum atomic E-state index is 0.154. The van der Waals surface area contributed by atoms with Gasteiger partial charge in [-0.15, -0.1) is 5.10 Å². The molecule has 1 aromatic heterocycles. The number of hydrogen-bond acceptors (Lipinski definition) is 4. The summed E-state index contributed by atoms with van der Waals surface area (Å²) in [6.45, 7) is 0. The van der Waals surface area contributed by atoms with E-state index < -0.39 is 0 Å². The standard InChI is InChI=1S/C7H8N2OS/c10-7(3-5-1-2-5)6-4-11-9-8-6/h4-5H,1-3H2. The van der Waals surface area contributed by atoms with Gasteiger partial charge in [-0.25, -0.2) is 0 Å². The van der Waals surface area contributed by atoms with E-state index in [0.29, 0.717) is 18.0 Å². The molecule has 0 spiro atoms. The predicted octanol–water partition coefficient (Wildman–Crippen LogP) is 1.52. The molecule has 0 saturated heterocycles. The molecule has 1 fully saturated rings. The van der Waals surface area contributed by atoms with Gasteiger partial charge in [0.25, 0.3) is 0 Å². The maximum Gasteiger partial charge on any atom is 0.184 e. The van der Waals surface area contributed by atoms with Crippen molar-refractivity contribution in [1.29, 1.82) is 0 Å². The van der Waals surface area contributed by atoms with E-state index in [1.807, 2.05) is 0 Å². The maximum absolute atomic E-state index is 11.3. The van der Waals surface area contributed by atoms with Crippen molar-refractivity contribution >= 4 is 17.3 Å². The first-order valence-electron chi connectivity index (χ1n) is 3.66. The van der Waals surface area contributed by atoms with Gasteiger partial charge in [0.15, 0.2) is 5.78 Å². The molecule has 0 atom stereocenters. The summed E-state index contributed by atoms with van der Waals surface area (Å²) >= 11 is 1.23. The summed E-state index contributed by atoms with van der Waals surface area (Å²) in [6, 6.07) is 0. The Kier molecular flexibility index (Phi) is 1.69. The number of carbonyl (C=O) groups excluding carboxylic acids is 1. The van der Waals surface area contributed by atoms with Gasteiger partial charge in [-0.1, -0.05) is 4.49 Å². The number of nitrogens with zero attached hydrogens (tertiary/aromatic N) is 2. The molecule has 0 amide bonds. The maximum atomic E-state index is 11.3. The van der Waals surface area contributed by atoms with Crippen LogP contribution in [0.25, 0.3) is 0 Å². The minimum Gasteiger partial charge on any atom is -0.292 e. The van der Waals surface area contributed by atoms with Crippen LogP contribution in [0.5, 0.6) is 0 Å². The fraction of sp³-hybridized carbons (Fsp3) is 0.571. The van der Waals surface area contributed by atoms with Crippen LogP contribution in [0.1, 0.15) is 29.8 Å². The molecule has 0 radical (unpaired) electrons. The molecule has 1 saturated carbocycles. The summed E-state index contributed by atoms with van der Waals surface area (Å²) < 4.78 is 3.64. The van der Waals surface area contributed by atoms with Gasteiger partial charge in [-0.2, -0.15) is 0 Å².